The average molecular weight is 296 g/mol. The van der Waals surface area contributed by atoms with Crippen LogP contribution in [0.2, 0.25) is 0 Å². The highest BCUT2D eigenvalue weighted by Gasteiger charge is 2.34. The first-order chi connectivity index (χ1) is 10.7. The summed E-state index contributed by atoms with van der Waals surface area (Å²) in [5.41, 5.74) is 2.56. The standard InChI is InChI=1S/C18H20N2O2/c21-16-6-4-13(5-7-16)9-19-10-14-8-15(12-19)17-2-1-3-18(22)20(17)11-14/h1-7,14-15,21H,8-12H2/t14-,15+/m1/s1. The van der Waals surface area contributed by atoms with Gasteiger partial charge in [0.05, 0.1) is 0 Å². The Balaban J connectivity index is 1.56. The number of hydrogen-bond acceptors (Lipinski definition) is 3. The molecule has 3 heterocycles. The SMILES string of the molecule is O=c1cccc2n1C[C@@H]1C[C@H]2CN(Cc2ccc(O)cc2)C1. The predicted octanol–water partition coefficient (Wildman–Crippen LogP) is 2.17. The molecular weight excluding hydrogens is 276 g/mol. The smallest absolute Gasteiger partial charge is 0.250 e. The Morgan fingerprint density at radius 2 is 1.86 bits per heavy atom. The lowest BCUT2D eigenvalue weighted by molar-refractivity contribution is 0.114. The summed E-state index contributed by atoms with van der Waals surface area (Å²) in [6.07, 6.45) is 1.19. The first-order valence-corrected chi connectivity index (χ1v) is 7.89. The number of aromatic nitrogens is 1. The molecule has 1 aromatic carbocycles. The zero-order valence-electron chi connectivity index (χ0n) is 12.5. The van der Waals surface area contributed by atoms with Crippen LogP contribution in [0, 0.1) is 5.92 Å². The predicted molar refractivity (Wildman–Crippen MR) is 84.9 cm³/mol. The highest BCUT2D eigenvalue weighted by molar-refractivity contribution is 5.26. The van der Waals surface area contributed by atoms with Crippen LogP contribution >= 0.6 is 0 Å². The van der Waals surface area contributed by atoms with E-state index in [4.69, 9.17) is 0 Å². The molecule has 0 saturated carbocycles. The van der Waals surface area contributed by atoms with Crippen LogP contribution in [0.15, 0.2) is 47.3 Å². The number of rotatable bonds is 2. The van der Waals surface area contributed by atoms with Crippen molar-refractivity contribution < 1.29 is 5.11 Å². The maximum absolute atomic E-state index is 12.0. The zero-order valence-corrected chi connectivity index (χ0v) is 12.5. The minimum atomic E-state index is 0.138. The maximum Gasteiger partial charge on any atom is 0.250 e. The van der Waals surface area contributed by atoms with Gasteiger partial charge in [0, 0.05) is 43.9 Å². The molecule has 0 spiro atoms. The molecule has 4 rings (SSSR count). The zero-order chi connectivity index (χ0) is 15.1. The maximum atomic E-state index is 12.0. The van der Waals surface area contributed by atoms with Crippen LogP contribution in [0.1, 0.15) is 23.6 Å². The molecule has 1 fully saturated rings. The van der Waals surface area contributed by atoms with Crippen LogP contribution in [0.25, 0.3) is 0 Å². The van der Waals surface area contributed by atoms with E-state index in [0.717, 1.165) is 26.2 Å². The van der Waals surface area contributed by atoms with E-state index in [9.17, 15) is 9.90 Å². The molecule has 0 unspecified atom stereocenters. The molecule has 0 amide bonds. The molecular formula is C18H20N2O2. The largest absolute Gasteiger partial charge is 0.508 e. The van der Waals surface area contributed by atoms with Crippen molar-refractivity contribution in [2.24, 2.45) is 5.92 Å². The van der Waals surface area contributed by atoms with Gasteiger partial charge in [-0.25, -0.2) is 0 Å². The van der Waals surface area contributed by atoms with E-state index in [1.54, 1.807) is 18.2 Å². The summed E-state index contributed by atoms with van der Waals surface area (Å²) in [5.74, 6) is 1.33. The number of hydrogen-bond donors (Lipinski definition) is 1. The quantitative estimate of drug-likeness (QED) is 0.924. The van der Waals surface area contributed by atoms with Gasteiger partial charge in [-0.3, -0.25) is 9.69 Å². The number of likely N-dealkylation sites (tertiary alicyclic amines) is 1. The van der Waals surface area contributed by atoms with Gasteiger partial charge in [-0.2, -0.15) is 0 Å². The number of aromatic hydroxyl groups is 1. The number of pyridine rings is 1. The summed E-state index contributed by atoms with van der Waals surface area (Å²) in [6, 6.07) is 13.1. The van der Waals surface area contributed by atoms with Gasteiger partial charge < -0.3 is 9.67 Å². The fourth-order valence-electron chi connectivity index (χ4n) is 3.98. The van der Waals surface area contributed by atoms with Crippen LogP contribution in [-0.4, -0.2) is 27.7 Å². The van der Waals surface area contributed by atoms with E-state index in [-0.39, 0.29) is 5.56 Å². The summed E-state index contributed by atoms with van der Waals surface area (Å²) in [4.78, 5) is 14.5. The summed E-state index contributed by atoms with van der Waals surface area (Å²) in [5, 5.41) is 9.38. The van der Waals surface area contributed by atoms with Crippen LogP contribution < -0.4 is 5.56 Å². The second-order valence-electron chi connectivity index (χ2n) is 6.56. The molecule has 0 aliphatic carbocycles. The van der Waals surface area contributed by atoms with Crippen molar-refractivity contribution in [3.63, 3.8) is 0 Å². The number of fused-ring (bicyclic) bond motifs is 4. The van der Waals surface area contributed by atoms with Gasteiger partial charge in [-0.15, -0.1) is 0 Å². The van der Waals surface area contributed by atoms with Gasteiger partial charge in [0.25, 0.3) is 5.56 Å². The van der Waals surface area contributed by atoms with Crippen LogP contribution in [0.3, 0.4) is 0 Å². The monoisotopic (exact) mass is 296 g/mol. The van der Waals surface area contributed by atoms with Gasteiger partial charge in [0.15, 0.2) is 0 Å². The van der Waals surface area contributed by atoms with Crippen molar-refractivity contribution in [2.75, 3.05) is 13.1 Å². The Hall–Kier alpha value is -2.07. The lowest BCUT2D eigenvalue weighted by Crippen LogP contribution is -2.46. The lowest BCUT2D eigenvalue weighted by Gasteiger charge is -2.42. The molecule has 22 heavy (non-hydrogen) atoms. The number of benzene rings is 1. The first kappa shape index (κ1) is 13.6. The highest BCUT2D eigenvalue weighted by Crippen LogP contribution is 2.35. The molecule has 2 aliphatic heterocycles. The Kier molecular flexibility index (Phi) is 3.26. The molecule has 4 heteroatoms. The second kappa shape index (κ2) is 5.29. The normalized spacial score (nSPS) is 24.0. The third-order valence-corrected chi connectivity index (χ3v) is 4.90. The number of phenols is 1. The Bertz CT molecular complexity index is 735. The molecule has 0 radical (unpaired) electrons. The molecule has 2 aromatic rings. The summed E-state index contributed by atoms with van der Waals surface area (Å²) in [6.45, 7) is 3.79. The number of nitrogens with zero attached hydrogens (tertiary/aromatic N) is 2. The van der Waals surface area contributed by atoms with E-state index in [0.29, 0.717) is 17.6 Å². The molecule has 114 valence electrons. The van der Waals surface area contributed by atoms with Crippen LogP contribution in [0.4, 0.5) is 0 Å². The van der Waals surface area contributed by atoms with E-state index in [1.165, 1.54) is 17.7 Å². The fourth-order valence-corrected chi connectivity index (χ4v) is 3.98. The molecule has 2 bridgehead atoms. The molecule has 2 aliphatic rings. The van der Waals surface area contributed by atoms with Crippen molar-refractivity contribution >= 4 is 0 Å². The topological polar surface area (TPSA) is 45.5 Å². The van der Waals surface area contributed by atoms with Crippen molar-refractivity contribution in [3.05, 3.63) is 64.1 Å². The third kappa shape index (κ3) is 2.44. The Labute approximate surface area is 129 Å². The Morgan fingerprint density at radius 1 is 1.05 bits per heavy atom. The van der Waals surface area contributed by atoms with Gasteiger partial charge in [-0.05, 0) is 36.1 Å². The average Bonchev–Trinajstić information content (AvgIpc) is 2.51. The van der Waals surface area contributed by atoms with E-state index in [1.807, 2.05) is 22.8 Å². The summed E-state index contributed by atoms with van der Waals surface area (Å²) < 4.78 is 1.97. The molecule has 1 aromatic heterocycles. The summed E-state index contributed by atoms with van der Waals surface area (Å²) in [7, 11) is 0. The third-order valence-electron chi connectivity index (χ3n) is 4.90. The highest BCUT2D eigenvalue weighted by atomic mass is 16.3. The summed E-state index contributed by atoms with van der Waals surface area (Å²) >= 11 is 0. The lowest BCUT2D eigenvalue weighted by atomic mass is 9.83. The van der Waals surface area contributed by atoms with Gasteiger partial charge in [-0.1, -0.05) is 18.2 Å². The first-order valence-electron chi connectivity index (χ1n) is 7.89. The molecule has 1 saturated heterocycles. The molecule has 4 nitrogen and oxygen atoms in total. The Morgan fingerprint density at radius 3 is 2.68 bits per heavy atom. The van der Waals surface area contributed by atoms with Crippen molar-refractivity contribution in [1.82, 2.24) is 9.47 Å². The molecule has 1 N–H and O–H groups in total. The van der Waals surface area contributed by atoms with E-state index in [2.05, 4.69) is 11.0 Å². The van der Waals surface area contributed by atoms with Crippen molar-refractivity contribution in [3.8, 4) is 5.75 Å². The van der Waals surface area contributed by atoms with Crippen LogP contribution in [-0.2, 0) is 13.1 Å². The minimum absolute atomic E-state index is 0.138. The molecule has 2 atom stereocenters. The second-order valence-corrected chi connectivity index (χ2v) is 6.56. The minimum Gasteiger partial charge on any atom is -0.508 e. The van der Waals surface area contributed by atoms with E-state index < -0.39 is 0 Å². The van der Waals surface area contributed by atoms with E-state index >= 15 is 0 Å². The van der Waals surface area contributed by atoms with Gasteiger partial charge in [0.1, 0.15) is 5.75 Å². The number of phenolic OH excluding ortho intramolecular Hbond substituents is 1. The van der Waals surface area contributed by atoms with Crippen molar-refractivity contribution in [2.45, 2.75) is 25.4 Å². The van der Waals surface area contributed by atoms with Gasteiger partial charge >= 0.3 is 0 Å². The van der Waals surface area contributed by atoms with Crippen LogP contribution in [0.5, 0.6) is 5.75 Å². The number of piperidine rings is 1. The van der Waals surface area contributed by atoms with Gasteiger partial charge in [0.2, 0.25) is 0 Å². The van der Waals surface area contributed by atoms with Crippen molar-refractivity contribution in [1.29, 1.82) is 0 Å². The fraction of sp³-hybridized carbons (Fsp3) is 0.389.